The van der Waals surface area contributed by atoms with Crippen LogP contribution in [-0.4, -0.2) is 101 Å². The summed E-state index contributed by atoms with van der Waals surface area (Å²) in [5.41, 5.74) is -2.42. The molecule has 0 aromatic rings. The lowest BCUT2D eigenvalue weighted by Crippen LogP contribution is -2.44. The molecule has 0 aromatic heterocycles. The Labute approximate surface area is 291 Å². The van der Waals surface area contributed by atoms with Gasteiger partial charge in [-0.05, 0) is 19.3 Å². The third kappa shape index (κ3) is 20.1. The first-order valence-corrected chi connectivity index (χ1v) is 15.6. The van der Waals surface area contributed by atoms with Crippen LogP contribution in [0.4, 0.5) is 9.59 Å². The Hall–Kier alpha value is -5.41. The SMILES string of the molecule is C=CC(=O)OCC(CC)(COC(=O)C=C)COC(=O)NCCCCCCNC(=O)OCC(COC(=O)C=C)(COC(=O)C=C)COC(=O)C=C. The standard InChI is InChI=1S/C34H48N2O14/c1-7-26(37)44-19-33(12-6,20-45-27(38)8-2)21-49-31(42)35-17-15-13-14-16-18-36-32(43)50-25-34(22-46-28(39)9-3,23-47-29(40)10-4)24-48-30(41)11-5/h7-11H,1-5,12-25H2,6H3,(H,35,42)(H,36,43). The molecule has 0 aromatic carbocycles. The molecule has 0 aliphatic carbocycles. The third-order valence-corrected chi connectivity index (χ3v) is 6.85. The van der Waals surface area contributed by atoms with Crippen LogP contribution in [0.15, 0.2) is 63.3 Å². The number of ether oxygens (including phenoxy) is 7. The molecule has 2 amide bonds. The van der Waals surface area contributed by atoms with Crippen LogP contribution < -0.4 is 10.6 Å². The fraction of sp³-hybridized carbons (Fsp3) is 0.500. The monoisotopic (exact) mass is 708 g/mol. The minimum absolute atomic E-state index is 0.171. The zero-order chi connectivity index (χ0) is 37.8. The van der Waals surface area contributed by atoms with E-state index in [0.717, 1.165) is 30.4 Å². The fourth-order valence-electron chi connectivity index (χ4n) is 3.62. The average molecular weight is 709 g/mol. The first-order chi connectivity index (χ1) is 23.8. The van der Waals surface area contributed by atoms with Crippen LogP contribution in [0.25, 0.3) is 0 Å². The number of amides is 2. The van der Waals surface area contributed by atoms with E-state index in [-0.39, 0.29) is 26.4 Å². The molecule has 0 heterocycles. The van der Waals surface area contributed by atoms with Crippen molar-refractivity contribution in [2.24, 2.45) is 10.8 Å². The van der Waals surface area contributed by atoms with Crippen molar-refractivity contribution in [1.82, 2.24) is 10.6 Å². The Bertz CT molecular complexity index is 1130. The Kier molecular flexibility index (Phi) is 22.8. The second-order valence-electron chi connectivity index (χ2n) is 10.8. The van der Waals surface area contributed by atoms with Crippen molar-refractivity contribution in [3.05, 3.63) is 63.3 Å². The molecule has 0 bridgehead atoms. The smallest absolute Gasteiger partial charge is 0.407 e. The van der Waals surface area contributed by atoms with E-state index < -0.39 is 79.3 Å². The molecule has 0 aliphatic rings. The van der Waals surface area contributed by atoms with Gasteiger partial charge in [0.05, 0.1) is 5.41 Å². The number of rotatable bonds is 27. The van der Waals surface area contributed by atoms with Gasteiger partial charge in [0, 0.05) is 43.5 Å². The largest absolute Gasteiger partial charge is 0.462 e. The Morgan fingerprint density at radius 1 is 0.440 bits per heavy atom. The second-order valence-corrected chi connectivity index (χ2v) is 10.8. The van der Waals surface area contributed by atoms with Gasteiger partial charge in [-0.1, -0.05) is 52.7 Å². The summed E-state index contributed by atoms with van der Waals surface area (Å²) >= 11 is 0. The number of carbonyl (C=O) groups excluding carboxylic acids is 7. The van der Waals surface area contributed by atoms with Crippen molar-refractivity contribution in [2.75, 3.05) is 59.3 Å². The van der Waals surface area contributed by atoms with Gasteiger partial charge in [-0.3, -0.25) is 0 Å². The Morgan fingerprint density at radius 2 is 0.700 bits per heavy atom. The summed E-state index contributed by atoms with van der Waals surface area (Å²) in [5, 5.41) is 5.20. The molecular formula is C34H48N2O14. The highest BCUT2D eigenvalue weighted by Gasteiger charge is 2.38. The summed E-state index contributed by atoms with van der Waals surface area (Å²) < 4.78 is 36.1. The predicted octanol–water partition coefficient (Wildman–Crippen LogP) is 3.03. The van der Waals surface area contributed by atoms with Gasteiger partial charge in [-0.25, -0.2) is 33.6 Å². The lowest BCUT2D eigenvalue weighted by atomic mass is 9.88. The van der Waals surface area contributed by atoms with E-state index in [4.69, 9.17) is 33.2 Å². The normalized spacial score (nSPS) is 10.6. The lowest BCUT2D eigenvalue weighted by molar-refractivity contribution is -0.159. The van der Waals surface area contributed by atoms with E-state index >= 15 is 0 Å². The van der Waals surface area contributed by atoms with Gasteiger partial charge in [0.15, 0.2) is 0 Å². The molecule has 0 unspecified atom stereocenters. The van der Waals surface area contributed by atoms with Gasteiger partial charge >= 0.3 is 42.0 Å². The van der Waals surface area contributed by atoms with Crippen LogP contribution in [0.5, 0.6) is 0 Å². The molecule has 0 saturated heterocycles. The third-order valence-electron chi connectivity index (χ3n) is 6.85. The van der Waals surface area contributed by atoms with Crippen molar-refractivity contribution >= 4 is 42.0 Å². The summed E-state index contributed by atoms with van der Waals surface area (Å²) in [6.45, 7) is 16.6. The number of carbonyl (C=O) groups is 7. The Morgan fingerprint density at radius 3 is 0.980 bits per heavy atom. The zero-order valence-electron chi connectivity index (χ0n) is 28.5. The molecule has 16 nitrogen and oxygen atoms in total. The zero-order valence-corrected chi connectivity index (χ0v) is 28.5. The maximum absolute atomic E-state index is 12.4. The maximum atomic E-state index is 12.4. The molecule has 0 radical (unpaired) electrons. The second kappa shape index (κ2) is 25.6. The minimum atomic E-state index is -1.45. The number of nitrogens with one attached hydrogen (secondary N) is 2. The van der Waals surface area contributed by atoms with Gasteiger partial charge < -0.3 is 43.8 Å². The van der Waals surface area contributed by atoms with Crippen molar-refractivity contribution in [1.29, 1.82) is 0 Å². The number of hydrogen-bond donors (Lipinski definition) is 2. The maximum Gasteiger partial charge on any atom is 0.407 e. The first kappa shape index (κ1) is 44.6. The van der Waals surface area contributed by atoms with Crippen molar-refractivity contribution < 1.29 is 66.7 Å². The van der Waals surface area contributed by atoms with Crippen LogP contribution in [0, 0.1) is 10.8 Å². The van der Waals surface area contributed by atoms with E-state index in [0.29, 0.717) is 38.6 Å². The molecule has 0 aliphatic heterocycles. The van der Waals surface area contributed by atoms with Gasteiger partial charge in [0.1, 0.15) is 51.7 Å². The van der Waals surface area contributed by atoms with Crippen LogP contribution in [0.1, 0.15) is 39.0 Å². The van der Waals surface area contributed by atoms with E-state index in [2.05, 4.69) is 43.5 Å². The highest BCUT2D eigenvalue weighted by Crippen LogP contribution is 2.25. The summed E-state index contributed by atoms with van der Waals surface area (Å²) in [4.78, 5) is 82.9. The van der Waals surface area contributed by atoms with Crippen molar-refractivity contribution in [2.45, 2.75) is 39.0 Å². The molecule has 2 N–H and O–H groups in total. The molecule has 0 saturated carbocycles. The lowest BCUT2D eigenvalue weighted by Gasteiger charge is -2.31. The molecule has 0 fully saturated rings. The Balaban J connectivity index is 4.75. The molecule has 16 heteroatoms. The number of hydrogen-bond acceptors (Lipinski definition) is 14. The quantitative estimate of drug-likeness (QED) is 0.0544. The summed E-state index contributed by atoms with van der Waals surface area (Å²) in [5.74, 6) is -3.76. The van der Waals surface area contributed by atoms with Gasteiger partial charge in [0.25, 0.3) is 0 Å². The van der Waals surface area contributed by atoms with Crippen LogP contribution in [0.3, 0.4) is 0 Å². The van der Waals surface area contributed by atoms with Crippen LogP contribution in [-0.2, 0) is 57.1 Å². The molecular weight excluding hydrogens is 660 g/mol. The number of unbranched alkanes of at least 4 members (excludes halogenated alkanes) is 3. The van der Waals surface area contributed by atoms with Gasteiger partial charge in [0.2, 0.25) is 0 Å². The topological polar surface area (TPSA) is 208 Å². The summed E-state index contributed by atoms with van der Waals surface area (Å²) in [6.07, 6.45) is 6.11. The van der Waals surface area contributed by atoms with E-state index in [9.17, 15) is 33.6 Å². The number of alkyl carbamates (subject to hydrolysis) is 2. The summed E-state index contributed by atoms with van der Waals surface area (Å²) in [7, 11) is 0. The highest BCUT2D eigenvalue weighted by molar-refractivity contribution is 5.83. The highest BCUT2D eigenvalue weighted by atomic mass is 16.6. The van der Waals surface area contributed by atoms with Gasteiger partial charge in [-0.15, -0.1) is 0 Å². The minimum Gasteiger partial charge on any atom is -0.462 e. The van der Waals surface area contributed by atoms with Crippen molar-refractivity contribution in [3.8, 4) is 0 Å². The summed E-state index contributed by atoms with van der Waals surface area (Å²) in [6, 6.07) is 0. The fourth-order valence-corrected chi connectivity index (χ4v) is 3.62. The molecule has 0 spiro atoms. The van der Waals surface area contributed by atoms with E-state index in [1.165, 1.54) is 0 Å². The predicted molar refractivity (Wildman–Crippen MR) is 178 cm³/mol. The van der Waals surface area contributed by atoms with E-state index in [1.807, 2.05) is 0 Å². The van der Waals surface area contributed by atoms with Crippen LogP contribution >= 0.6 is 0 Å². The van der Waals surface area contributed by atoms with Gasteiger partial charge in [-0.2, -0.15) is 0 Å². The van der Waals surface area contributed by atoms with Crippen molar-refractivity contribution in [3.63, 3.8) is 0 Å². The number of esters is 5. The molecule has 0 atom stereocenters. The van der Waals surface area contributed by atoms with E-state index in [1.54, 1.807) is 6.92 Å². The first-order valence-electron chi connectivity index (χ1n) is 15.6. The molecule has 0 rings (SSSR count). The average Bonchev–Trinajstić information content (AvgIpc) is 3.13. The van der Waals surface area contributed by atoms with Crippen LogP contribution in [0.2, 0.25) is 0 Å². The molecule has 278 valence electrons. The molecule has 50 heavy (non-hydrogen) atoms.